The van der Waals surface area contributed by atoms with E-state index in [1.165, 1.54) is 4.90 Å². The number of rotatable bonds is 6. The van der Waals surface area contributed by atoms with Gasteiger partial charge in [-0.1, -0.05) is 25.0 Å². The van der Waals surface area contributed by atoms with Gasteiger partial charge in [0.25, 0.3) is 11.8 Å². The molecule has 3 N–H and O–H groups in total. The minimum absolute atomic E-state index is 0.158. The first kappa shape index (κ1) is 19.2. The van der Waals surface area contributed by atoms with Crippen molar-refractivity contribution in [2.45, 2.75) is 50.9 Å². The van der Waals surface area contributed by atoms with Crippen LogP contribution in [0.2, 0.25) is 0 Å². The number of hydrogen-bond donors (Lipinski definition) is 2. The summed E-state index contributed by atoms with van der Waals surface area (Å²) in [5.41, 5.74) is 6.66. The lowest BCUT2D eigenvalue weighted by Gasteiger charge is -2.26. The number of carbonyl (C=O) groups is 4. The summed E-state index contributed by atoms with van der Waals surface area (Å²) < 4.78 is 0. The summed E-state index contributed by atoms with van der Waals surface area (Å²) >= 11 is 0. The zero-order chi connectivity index (χ0) is 19.4. The Hall–Kier alpha value is -2.54. The molecule has 7 nitrogen and oxygen atoms in total. The van der Waals surface area contributed by atoms with Crippen LogP contribution >= 0.6 is 0 Å². The zero-order valence-electron chi connectivity index (χ0n) is 15.3. The fourth-order valence-corrected chi connectivity index (χ4v) is 3.84. The molecular weight excluding hydrogens is 346 g/mol. The van der Waals surface area contributed by atoms with Crippen LogP contribution in [0.5, 0.6) is 0 Å². The van der Waals surface area contributed by atoms with Crippen molar-refractivity contribution in [3.8, 4) is 0 Å². The summed E-state index contributed by atoms with van der Waals surface area (Å²) in [7, 11) is 0. The molecule has 0 saturated carbocycles. The van der Waals surface area contributed by atoms with Gasteiger partial charge in [-0.3, -0.25) is 29.4 Å². The third-order valence-corrected chi connectivity index (χ3v) is 5.26. The average Bonchev–Trinajstić information content (AvgIpc) is 2.82. The average molecular weight is 371 g/mol. The topological polar surface area (TPSA) is 110 Å². The van der Waals surface area contributed by atoms with Crippen LogP contribution in [0.25, 0.3) is 0 Å². The quantitative estimate of drug-likeness (QED) is 0.584. The molecule has 0 aliphatic carbocycles. The van der Waals surface area contributed by atoms with Gasteiger partial charge in [-0.15, -0.1) is 0 Å². The van der Waals surface area contributed by atoms with Crippen molar-refractivity contribution in [2.75, 3.05) is 13.1 Å². The Kier molecular flexibility index (Phi) is 6.01. The summed E-state index contributed by atoms with van der Waals surface area (Å²) in [5, 5.41) is 2.29. The van der Waals surface area contributed by atoms with E-state index in [0.717, 1.165) is 25.7 Å². The Morgan fingerprint density at radius 3 is 2.70 bits per heavy atom. The van der Waals surface area contributed by atoms with Gasteiger partial charge in [0.2, 0.25) is 11.8 Å². The molecule has 4 amide bonds. The molecule has 0 bridgehead atoms. The fourth-order valence-electron chi connectivity index (χ4n) is 3.84. The third-order valence-electron chi connectivity index (χ3n) is 5.26. The molecule has 1 fully saturated rings. The largest absolute Gasteiger partial charge is 0.330 e. The highest BCUT2D eigenvalue weighted by molar-refractivity contribution is 6.22. The molecule has 7 heteroatoms. The second-order valence-corrected chi connectivity index (χ2v) is 7.08. The molecule has 2 aliphatic heterocycles. The van der Waals surface area contributed by atoms with E-state index in [4.69, 9.17) is 5.73 Å². The van der Waals surface area contributed by atoms with E-state index in [0.29, 0.717) is 37.9 Å². The number of nitrogens with zero attached hydrogens (tertiary/aromatic N) is 1. The molecule has 1 unspecified atom stereocenters. The van der Waals surface area contributed by atoms with Crippen LogP contribution in [-0.2, 0) is 9.59 Å². The summed E-state index contributed by atoms with van der Waals surface area (Å²) in [5.74, 6) is -2.00. The predicted molar refractivity (Wildman–Crippen MR) is 99.1 cm³/mol. The Morgan fingerprint density at radius 1 is 1.11 bits per heavy atom. The van der Waals surface area contributed by atoms with Crippen molar-refractivity contribution in [2.24, 2.45) is 5.73 Å². The van der Waals surface area contributed by atoms with E-state index < -0.39 is 17.7 Å². The molecule has 0 spiro atoms. The van der Waals surface area contributed by atoms with Crippen molar-refractivity contribution < 1.29 is 19.2 Å². The van der Waals surface area contributed by atoms with Crippen molar-refractivity contribution in [3.05, 3.63) is 34.9 Å². The maximum absolute atomic E-state index is 13.3. The summed E-state index contributed by atoms with van der Waals surface area (Å²) in [6.07, 6.45) is 4.80. The number of unbranched alkanes of at least 4 members (excludes halogenated alkanes) is 1. The standard InChI is InChI=1S/C20H25N3O4/c21-11-4-3-7-14(20(27)23-12-5-1-2-10-16(23)24)13-8-6-9-15-17(13)19(26)22-18(15)25/h6,8-9,14H,1-5,7,10-12,21H2,(H,22,25,26). The summed E-state index contributed by atoms with van der Waals surface area (Å²) in [6.45, 7) is 0.917. The van der Waals surface area contributed by atoms with Crippen LogP contribution in [0, 0.1) is 0 Å². The van der Waals surface area contributed by atoms with Crippen molar-refractivity contribution in [3.63, 3.8) is 0 Å². The first-order chi connectivity index (χ1) is 13.0. The molecule has 1 saturated heterocycles. The second kappa shape index (κ2) is 8.43. The van der Waals surface area contributed by atoms with Crippen LogP contribution in [0.3, 0.4) is 0 Å². The lowest BCUT2D eigenvalue weighted by Crippen LogP contribution is -2.40. The van der Waals surface area contributed by atoms with Gasteiger partial charge in [0, 0.05) is 13.0 Å². The number of nitrogens with two attached hydrogens (primary N) is 1. The van der Waals surface area contributed by atoms with E-state index >= 15 is 0 Å². The highest BCUT2D eigenvalue weighted by atomic mass is 16.2. The van der Waals surface area contributed by atoms with Crippen molar-refractivity contribution in [1.82, 2.24) is 10.2 Å². The minimum Gasteiger partial charge on any atom is -0.330 e. The molecule has 1 aromatic rings. The monoisotopic (exact) mass is 371 g/mol. The first-order valence-corrected chi connectivity index (χ1v) is 9.57. The summed E-state index contributed by atoms with van der Waals surface area (Å²) in [6, 6.07) is 4.97. The smallest absolute Gasteiger partial charge is 0.259 e. The molecule has 2 aliphatic rings. The second-order valence-electron chi connectivity index (χ2n) is 7.08. The van der Waals surface area contributed by atoms with Gasteiger partial charge >= 0.3 is 0 Å². The molecule has 2 heterocycles. The van der Waals surface area contributed by atoms with E-state index in [1.54, 1.807) is 18.2 Å². The molecule has 0 aromatic heterocycles. The normalized spacial score (nSPS) is 18.1. The van der Waals surface area contributed by atoms with Crippen LogP contribution in [0.1, 0.15) is 77.1 Å². The number of nitrogens with one attached hydrogen (secondary N) is 1. The van der Waals surface area contributed by atoms with E-state index in [-0.39, 0.29) is 22.9 Å². The maximum atomic E-state index is 13.3. The van der Waals surface area contributed by atoms with Crippen LogP contribution in [0.4, 0.5) is 0 Å². The van der Waals surface area contributed by atoms with Crippen molar-refractivity contribution in [1.29, 1.82) is 0 Å². The molecule has 1 aromatic carbocycles. The van der Waals surface area contributed by atoms with Crippen LogP contribution in [-0.4, -0.2) is 41.6 Å². The van der Waals surface area contributed by atoms with Crippen LogP contribution < -0.4 is 11.1 Å². The van der Waals surface area contributed by atoms with Crippen molar-refractivity contribution >= 4 is 23.6 Å². The van der Waals surface area contributed by atoms with Gasteiger partial charge in [-0.05, 0) is 43.9 Å². The number of fused-ring (bicyclic) bond motifs is 1. The van der Waals surface area contributed by atoms with Gasteiger partial charge in [-0.2, -0.15) is 0 Å². The van der Waals surface area contributed by atoms with Crippen LogP contribution in [0.15, 0.2) is 18.2 Å². The number of hydrogen-bond acceptors (Lipinski definition) is 5. The lowest BCUT2D eigenvalue weighted by molar-refractivity contribution is -0.145. The summed E-state index contributed by atoms with van der Waals surface area (Å²) in [4.78, 5) is 51.4. The third kappa shape index (κ3) is 3.93. The first-order valence-electron chi connectivity index (χ1n) is 9.57. The Balaban J connectivity index is 1.97. The van der Waals surface area contributed by atoms with Gasteiger partial charge in [0.15, 0.2) is 0 Å². The zero-order valence-corrected chi connectivity index (χ0v) is 15.3. The maximum Gasteiger partial charge on any atom is 0.259 e. The molecule has 0 radical (unpaired) electrons. The molecule has 3 rings (SSSR count). The number of carbonyl (C=O) groups excluding carboxylic acids is 4. The van der Waals surface area contributed by atoms with Gasteiger partial charge in [0.05, 0.1) is 17.0 Å². The van der Waals surface area contributed by atoms with Gasteiger partial charge in [0.1, 0.15) is 0 Å². The Labute approximate surface area is 158 Å². The number of imide groups is 2. The minimum atomic E-state index is -0.634. The van der Waals surface area contributed by atoms with Gasteiger partial charge < -0.3 is 5.73 Å². The highest BCUT2D eigenvalue weighted by Crippen LogP contribution is 2.32. The fraction of sp³-hybridized carbons (Fsp3) is 0.500. The predicted octanol–water partition coefficient (Wildman–Crippen LogP) is 1.71. The molecule has 1 atom stereocenters. The Morgan fingerprint density at radius 2 is 1.93 bits per heavy atom. The molecule has 144 valence electrons. The number of benzene rings is 1. The highest BCUT2D eigenvalue weighted by Gasteiger charge is 2.36. The molecule has 27 heavy (non-hydrogen) atoms. The Bertz CT molecular complexity index is 774. The van der Waals surface area contributed by atoms with E-state index in [9.17, 15) is 19.2 Å². The lowest BCUT2D eigenvalue weighted by atomic mass is 9.87. The molecular formula is C20H25N3O4. The number of amides is 4. The van der Waals surface area contributed by atoms with E-state index in [1.807, 2.05) is 0 Å². The number of likely N-dealkylation sites (tertiary alicyclic amines) is 1. The SMILES string of the molecule is NCCCCC(C(=O)N1CCCCCC1=O)c1cccc2c1C(=O)NC2=O. The van der Waals surface area contributed by atoms with Gasteiger partial charge in [-0.25, -0.2) is 0 Å². The van der Waals surface area contributed by atoms with E-state index in [2.05, 4.69) is 5.32 Å².